The van der Waals surface area contributed by atoms with Crippen molar-refractivity contribution >= 4 is 0 Å². The smallest absolute Gasteiger partial charge is 0.122 e. The van der Waals surface area contributed by atoms with E-state index >= 15 is 0 Å². The molecule has 2 saturated heterocycles. The monoisotopic (exact) mass is 331 g/mol. The van der Waals surface area contributed by atoms with Crippen LogP contribution in [0.4, 0.5) is 0 Å². The molecule has 3 aliphatic rings. The molecular formula is C20H29NO3. The summed E-state index contributed by atoms with van der Waals surface area (Å²) in [6.45, 7) is 6.02. The molecular weight excluding hydrogens is 302 g/mol. The largest absolute Gasteiger partial charge is 0.493 e. The molecule has 2 fully saturated rings. The molecule has 4 heteroatoms. The number of ether oxygens (including phenoxy) is 3. The molecule has 4 nitrogen and oxygen atoms in total. The summed E-state index contributed by atoms with van der Waals surface area (Å²) < 4.78 is 17.3. The predicted molar refractivity (Wildman–Crippen MR) is 93.7 cm³/mol. The minimum atomic E-state index is 0.354. The Hall–Kier alpha value is -1.10. The number of hydrogen-bond donors (Lipinski definition) is 0. The first kappa shape index (κ1) is 16.4. The average molecular weight is 331 g/mol. The molecule has 3 aliphatic heterocycles. The van der Waals surface area contributed by atoms with Gasteiger partial charge in [-0.2, -0.15) is 0 Å². The summed E-state index contributed by atoms with van der Waals surface area (Å²) in [5.41, 5.74) is 2.82. The van der Waals surface area contributed by atoms with Crippen LogP contribution in [0.5, 0.6) is 5.75 Å². The van der Waals surface area contributed by atoms with Crippen LogP contribution in [0.1, 0.15) is 36.8 Å². The number of likely N-dealkylation sites (tertiary alicyclic amines) is 1. The van der Waals surface area contributed by atoms with E-state index in [-0.39, 0.29) is 0 Å². The molecule has 0 saturated carbocycles. The van der Waals surface area contributed by atoms with Crippen LogP contribution in [-0.4, -0.2) is 56.6 Å². The highest BCUT2D eigenvalue weighted by molar-refractivity contribution is 5.39. The Morgan fingerprint density at radius 3 is 2.88 bits per heavy atom. The van der Waals surface area contributed by atoms with Gasteiger partial charge in [0.15, 0.2) is 0 Å². The highest BCUT2D eigenvalue weighted by Crippen LogP contribution is 2.26. The Bertz CT molecular complexity index is 534. The van der Waals surface area contributed by atoms with Gasteiger partial charge >= 0.3 is 0 Å². The van der Waals surface area contributed by atoms with Crippen LogP contribution in [0.3, 0.4) is 0 Å². The fourth-order valence-corrected chi connectivity index (χ4v) is 4.00. The first-order chi connectivity index (χ1) is 11.9. The van der Waals surface area contributed by atoms with Gasteiger partial charge in [-0.15, -0.1) is 0 Å². The number of fused-ring (bicyclic) bond motifs is 1. The van der Waals surface area contributed by atoms with Crippen LogP contribution >= 0.6 is 0 Å². The second kappa shape index (κ2) is 7.85. The van der Waals surface area contributed by atoms with Gasteiger partial charge in [-0.25, -0.2) is 0 Å². The molecule has 1 aromatic rings. The van der Waals surface area contributed by atoms with Gasteiger partial charge < -0.3 is 19.1 Å². The van der Waals surface area contributed by atoms with Crippen molar-refractivity contribution in [2.75, 3.05) is 39.5 Å². The van der Waals surface area contributed by atoms with Crippen LogP contribution < -0.4 is 4.74 Å². The molecule has 0 aromatic heterocycles. The van der Waals surface area contributed by atoms with Crippen LogP contribution in [0.25, 0.3) is 0 Å². The molecule has 0 aliphatic carbocycles. The molecule has 3 heterocycles. The van der Waals surface area contributed by atoms with Crippen molar-refractivity contribution in [2.45, 2.75) is 50.7 Å². The Morgan fingerprint density at radius 2 is 2.04 bits per heavy atom. The van der Waals surface area contributed by atoms with E-state index in [4.69, 9.17) is 14.2 Å². The highest BCUT2D eigenvalue weighted by atomic mass is 16.5. The van der Waals surface area contributed by atoms with Crippen molar-refractivity contribution in [2.24, 2.45) is 0 Å². The van der Waals surface area contributed by atoms with Gasteiger partial charge in [0, 0.05) is 32.7 Å². The summed E-state index contributed by atoms with van der Waals surface area (Å²) in [4.78, 5) is 2.58. The normalized spacial score (nSPS) is 24.9. The zero-order valence-corrected chi connectivity index (χ0v) is 14.5. The number of benzene rings is 1. The van der Waals surface area contributed by atoms with Crippen molar-refractivity contribution in [1.29, 1.82) is 0 Å². The van der Waals surface area contributed by atoms with E-state index in [9.17, 15) is 0 Å². The summed E-state index contributed by atoms with van der Waals surface area (Å²) in [6, 6.07) is 6.70. The zero-order valence-electron chi connectivity index (χ0n) is 14.5. The Kier molecular flexibility index (Phi) is 5.36. The summed E-state index contributed by atoms with van der Waals surface area (Å²) in [7, 11) is 0. The first-order valence-corrected chi connectivity index (χ1v) is 9.57. The van der Waals surface area contributed by atoms with Gasteiger partial charge in [0.25, 0.3) is 0 Å². The summed E-state index contributed by atoms with van der Waals surface area (Å²) >= 11 is 0. The van der Waals surface area contributed by atoms with E-state index in [0.717, 1.165) is 70.9 Å². The van der Waals surface area contributed by atoms with Gasteiger partial charge in [-0.05, 0) is 49.3 Å². The molecule has 1 atom stereocenters. The predicted octanol–water partition coefficient (Wildman–Crippen LogP) is 2.82. The van der Waals surface area contributed by atoms with E-state index < -0.39 is 0 Å². The summed E-state index contributed by atoms with van der Waals surface area (Å²) in [5, 5.41) is 0. The lowest BCUT2D eigenvalue weighted by molar-refractivity contribution is -0.0417. The van der Waals surface area contributed by atoms with Crippen LogP contribution in [0, 0.1) is 0 Å². The topological polar surface area (TPSA) is 30.9 Å². The van der Waals surface area contributed by atoms with Gasteiger partial charge in [0.2, 0.25) is 0 Å². The molecule has 1 aromatic carbocycles. The van der Waals surface area contributed by atoms with Gasteiger partial charge in [0.05, 0.1) is 25.4 Å². The van der Waals surface area contributed by atoms with Crippen molar-refractivity contribution in [1.82, 2.24) is 4.90 Å². The van der Waals surface area contributed by atoms with E-state index in [2.05, 4.69) is 23.1 Å². The number of piperidine rings is 1. The molecule has 132 valence electrons. The summed E-state index contributed by atoms with van der Waals surface area (Å²) in [6.07, 6.45) is 7.67. The van der Waals surface area contributed by atoms with E-state index in [1.165, 1.54) is 24.0 Å². The first-order valence-electron chi connectivity index (χ1n) is 9.57. The fourth-order valence-electron chi connectivity index (χ4n) is 4.00. The minimum absolute atomic E-state index is 0.354. The molecule has 0 spiro atoms. The number of nitrogens with zero attached hydrogens (tertiary/aromatic N) is 1. The number of hydrogen-bond acceptors (Lipinski definition) is 4. The third kappa shape index (κ3) is 4.11. The standard InChI is InChI=1S/C20H29NO3/c1-2-19(22-12-1)15-24-18-6-10-21(11-7-18)9-5-16-3-4-20-17(14-16)8-13-23-20/h3-4,14,18-19H,1-2,5-13,15H2/t19-/m1/s1. The molecule has 4 rings (SSSR count). The lowest BCUT2D eigenvalue weighted by Crippen LogP contribution is -2.38. The van der Waals surface area contributed by atoms with Crippen molar-refractivity contribution in [3.63, 3.8) is 0 Å². The molecule has 0 N–H and O–H groups in total. The zero-order chi connectivity index (χ0) is 16.2. The molecule has 24 heavy (non-hydrogen) atoms. The van der Waals surface area contributed by atoms with Crippen LogP contribution in [-0.2, 0) is 22.3 Å². The van der Waals surface area contributed by atoms with Crippen molar-refractivity contribution < 1.29 is 14.2 Å². The quantitative estimate of drug-likeness (QED) is 0.802. The molecule has 0 unspecified atom stereocenters. The highest BCUT2D eigenvalue weighted by Gasteiger charge is 2.22. The Labute approximate surface area is 145 Å². The third-order valence-corrected chi connectivity index (χ3v) is 5.55. The molecule has 0 amide bonds. The fraction of sp³-hybridized carbons (Fsp3) is 0.700. The van der Waals surface area contributed by atoms with Gasteiger partial charge in [-0.1, -0.05) is 12.1 Å². The third-order valence-electron chi connectivity index (χ3n) is 5.55. The Balaban J connectivity index is 1.16. The molecule has 0 bridgehead atoms. The molecule has 0 radical (unpaired) electrons. The van der Waals surface area contributed by atoms with E-state index in [1.807, 2.05) is 0 Å². The van der Waals surface area contributed by atoms with E-state index in [1.54, 1.807) is 0 Å². The lowest BCUT2D eigenvalue weighted by atomic mass is 10.0. The lowest BCUT2D eigenvalue weighted by Gasteiger charge is -2.32. The van der Waals surface area contributed by atoms with Gasteiger partial charge in [-0.3, -0.25) is 0 Å². The maximum absolute atomic E-state index is 6.06. The van der Waals surface area contributed by atoms with Crippen molar-refractivity contribution in [3.8, 4) is 5.75 Å². The van der Waals surface area contributed by atoms with Crippen LogP contribution in [0.2, 0.25) is 0 Å². The maximum Gasteiger partial charge on any atom is 0.122 e. The minimum Gasteiger partial charge on any atom is -0.493 e. The van der Waals surface area contributed by atoms with Gasteiger partial charge in [0.1, 0.15) is 5.75 Å². The average Bonchev–Trinajstić information content (AvgIpc) is 3.30. The maximum atomic E-state index is 6.06. The SMILES string of the molecule is c1cc2c(cc1CCN1CCC(OC[C@H]3CCCO3)CC1)CCO2. The van der Waals surface area contributed by atoms with Crippen LogP contribution in [0.15, 0.2) is 18.2 Å². The summed E-state index contributed by atoms with van der Waals surface area (Å²) in [5.74, 6) is 1.09. The number of rotatable bonds is 6. The second-order valence-corrected chi connectivity index (χ2v) is 7.30. The Morgan fingerprint density at radius 1 is 1.12 bits per heavy atom. The van der Waals surface area contributed by atoms with Crippen molar-refractivity contribution in [3.05, 3.63) is 29.3 Å². The second-order valence-electron chi connectivity index (χ2n) is 7.30. The van der Waals surface area contributed by atoms with E-state index in [0.29, 0.717) is 12.2 Å².